The number of nitrogens with one attached hydrogen (secondary N) is 3. The zero-order chi connectivity index (χ0) is 35.5. The lowest BCUT2D eigenvalue weighted by Crippen LogP contribution is -2.73. The number of hydrogen-bond acceptors (Lipinski definition) is 11. The maximum Gasteiger partial charge on any atom is 0.355 e. The second kappa shape index (κ2) is 14.3. The van der Waals surface area contributed by atoms with E-state index in [0.29, 0.717) is 4.90 Å². The minimum atomic E-state index is -1.97. The largest absolute Gasteiger partial charge is 0.455 e. The third-order valence-electron chi connectivity index (χ3n) is 7.47. The summed E-state index contributed by atoms with van der Waals surface area (Å²) in [6.45, 7) is 7.61. The molecule has 7 amide bonds. The van der Waals surface area contributed by atoms with E-state index in [-0.39, 0.29) is 37.2 Å². The summed E-state index contributed by atoms with van der Waals surface area (Å²) in [6, 6.07) is 4.01. The maximum absolute atomic E-state index is 13.9. The van der Waals surface area contributed by atoms with Gasteiger partial charge in [0.05, 0.1) is 16.6 Å². The Morgan fingerprint density at radius 3 is 2.29 bits per heavy atom. The van der Waals surface area contributed by atoms with E-state index in [1.165, 1.54) is 17.0 Å². The van der Waals surface area contributed by atoms with Gasteiger partial charge < -0.3 is 30.3 Å². The number of imide groups is 1. The summed E-state index contributed by atoms with van der Waals surface area (Å²) in [5.41, 5.74) is -1.52. The standard InChI is InChI=1S/C30H36N6O11S/c1-6-34-12-13-35(26(42)25(34)41)29(44)32-19(17-10-8-7-9-11-17)22(39)33-23(46-16(2)38)18-14-48(45)27-20(31-15-37)24(40)36(27)21(18)28(43)47-30(3,4)5/h7-11,15,19-20,23,27H,6,12-14H2,1-5H3,(H,31,37)(H,32,44)(H,33,39)/t19?,20-,23?,27+,48?/m0/s1. The Labute approximate surface area is 277 Å². The summed E-state index contributed by atoms with van der Waals surface area (Å²) < 4.78 is 24.3. The third-order valence-corrected chi connectivity index (χ3v) is 9.08. The van der Waals surface area contributed by atoms with E-state index in [1.54, 1.807) is 45.9 Å². The van der Waals surface area contributed by atoms with Crippen molar-refractivity contribution in [3.8, 4) is 0 Å². The van der Waals surface area contributed by atoms with Gasteiger partial charge in [-0.25, -0.2) is 9.59 Å². The minimum absolute atomic E-state index is 0.0867. The van der Waals surface area contributed by atoms with Gasteiger partial charge >= 0.3 is 29.8 Å². The van der Waals surface area contributed by atoms with Crippen molar-refractivity contribution in [1.82, 2.24) is 30.7 Å². The second-order valence-corrected chi connectivity index (χ2v) is 13.4. The SMILES string of the molecule is CCN1CCN(C(=O)NC(C(=O)NC(OC(C)=O)C2=C(C(=O)OC(C)(C)C)N3C(=O)[C@H](NC=O)[C@H]3S(=O)C2)c2ccccc2)C(=O)C1=O. The second-order valence-electron chi connectivity index (χ2n) is 11.9. The van der Waals surface area contributed by atoms with Crippen LogP contribution in [0.2, 0.25) is 0 Å². The van der Waals surface area contributed by atoms with Gasteiger partial charge in [-0.05, 0) is 33.3 Å². The van der Waals surface area contributed by atoms with Crippen molar-refractivity contribution in [2.24, 2.45) is 0 Å². The summed E-state index contributed by atoms with van der Waals surface area (Å²) in [5.74, 6) is -6.22. The number of ether oxygens (including phenoxy) is 2. The Balaban J connectivity index is 1.72. The average Bonchev–Trinajstić information content (AvgIpc) is 3.02. The van der Waals surface area contributed by atoms with Crippen LogP contribution in [0.4, 0.5) is 4.79 Å². The van der Waals surface area contributed by atoms with Crippen LogP contribution in [0.15, 0.2) is 41.6 Å². The smallest absolute Gasteiger partial charge is 0.355 e. The summed E-state index contributed by atoms with van der Waals surface area (Å²) in [4.78, 5) is 105. The fraction of sp³-hybridized carbons (Fsp3) is 0.467. The van der Waals surface area contributed by atoms with E-state index in [0.717, 1.165) is 11.8 Å². The van der Waals surface area contributed by atoms with Crippen LogP contribution in [0.1, 0.15) is 46.2 Å². The van der Waals surface area contributed by atoms with E-state index in [9.17, 15) is 42.6 Å². The molecule has 0 aliphatic carbocycles. The molecule has 0 aromatic heterocycles. The van der Waals surface area contributed by atoms with Crippen molar-refractivity contribution in [2.45, 2.75) is 63.9 Å². The molecule has 5 atom stereocenters. The van der Waals surface area contributed by atoms with Crippen LogP contribution >= 0.6 is 0 Å². The molecule has 3 aliphatic rings. The predicted molar refractivity (Wildman–Crippen MR) is 165 cm³/mol. The number of urea groups is 1. The molecule has 3 unspecified atom stereocenters. The van der Waals surface area contributed by atoms with E-state index in [4.69, 9.17) is 9.47 Å². The zero-order valence-electron chi connectivity index (χ0n) is 26.8. The van der Waals surface area contributed by atoms with Gasteiger partial charge in [-0.2, -0.15) is 0 Å². The number of likely N-dealkylation sites (N-methyl/N-ethyl adjacent to an activating group) is 1. The van der Waals surface area contributed by atoms with Crippen LogP contribution in [0.3, 0.4) is 0 Å². The first-order chi connectivity index (χ1) is 22.6. The number of carbonyl (C=O) groups is 8. The minimum Gasteiger partial charge on any atom is -0.455 e. The predicted octanol–water partition coefficient (Wildman–Crippen LogP) is -1.23. The number of nitrogens with zero attached hydrogens (tertiary/aromatic N) is 3. The van der Waals surface area contributed by atoms with Crippen LogP contribution in [0.5, 0.6) is 0 Å². The number of piperazine rings is 1. The van der Waals surface area contributed by atoms with E-state index < -0.39 is 93.1 Å². The van der Waals surface area contributed by atoms with Crippen molar-refractivity contribution in [1.29, 1.82) is 0 Å². The summed E-state index contributed by atoms with van der Waals surface area (Å²) in [6.07, 6.45) is -1.54. The molecule has 2 fully saturated rings. The van der Waals surface area contributed by atoms with Crippen molar-refractivity contribution < 1.29 is 52.0 Å². The molecular weight excluding hydrogens is 652 g/mol. The number of carbonyl (C=O) groups excluding carboxylic acids is 8. The molecular formula is C30H36N6O11S. The van der Waals surface area contributed by atoms with E-state index >= 15 is 0 Å². The molecule has 3 N–H and O–H groups in total. The molecule has 3 aliphatic heterocycles. The van der Waals surface area contributed by atoms with Gasteiger partial charge in [-0.15, -0.1) is 0 Å². The average molecular weight is 689 g/mol. The van der Waals surface area contributed by atoms with Crippen LogP contribution in [0, 0.1) is 0 Å². The lowest BCUT2D eigenvalue weighted by molar-refractivity contribution is -0.159. The lowest BCUT2D eigenvalue weighted by Gasteiger charge is -2.49. The fourth-order valence-corrected chi connectivity index (χ4v) is 7.01. The van der Waals surface area contributed by atoms with Gasteiger partial charge in [0.15, 0.2) is 0 Å². The molecule has 0 saturated carbocycles. The van der Waals surface area contributed by atoms with Crippen molar-refractivity contribution >= 4 is 58.8 Å². The number of esters is 2. The number of hydrogen-bond donors (Lipinski definition) is 3. The topological polar surface area (TPSA) is 218 Å². The number of fused-ring (bicyclic) bond motifs is 1. The normalized spacial score (nSPS) is 22.1. The molecule has 18 heteroatoms. The maximum atomic E-state index is 13.9. The molecule has 0 radical (unpaired) electrons. The Morgan fingerprint density at radius 1 is 1.04 bits per heavy atom. The molecule has 17 nitrogen and oxygen atoms in total. The Kier molecular flexibility index (Phi) is 10.7. The van der Waals surface area contributed by atoms with E-state index in [2.05, 4.69) is 16.0 Å². The van der Waals surface area contributed by atoms with Crippen molar-refractivity contribution in [2.75, 3.05) is 25.4 Å². The summed E-state index contributed by atoms with van der Waals surface area (Å²) in [5, 5.41) is 6.04. The molecule has 1 aromatic rings. The number of rotatable bonds is 10. The summed E-state index contributed by atoms with van der Waals surface area (Å²) in [7, 11) is -1.97. The lowest BCUT2D eigenvalue weighted by atomic mass is 10.0. The first kappa shape index (κ1) is 35.7. The van der Waals surface area contributed by atoms with Crippen LogP contribution < -0.4 is 16.0 Å². The quantitative estimate of drug-likeness (QED) is 0.0870. The molecule has 258 valence electrons. The first-order valence-corrected chi connectivity index (χ1v) is 16.3. The highest BCUT2D eigenvalue weighted by Crippen LogP contribution is 2.37. The number of benzene rings is 1. The van der Waals surface area contributed by atoms with Gasteiger partial charge in [0.25, 0.3) is 5.91 Å². The van der Waals surface area contributed by atoms with Crippen LogP contribution in [0.25, 0.3) is 0 Å². The van der Waals surface area contributed by atoms with Gasteiger partial charge in [-0.1, -0.05) is 30.3 Å². The molecule has 3 heterocycles. The van der Waals surface area contributed by atoms with E-state index in [1.807, 2.05) is 0 Å². The molecule has 0 bridgehead atoms. The van der Waals surface area contributed by atoms with Crippen molar-refractivity contribution in [3.05, 3.63) is 47.2 Å². The highest BCUT2D eigenvalue weighted by atomic mass is 32.2. The molecule has 2 saturated heterocycles. The van der Waals surface area contributed by atoms with Gasteiger partial charge in [0.1, 0.15) is 28.8 Å². The Morgan fingerprint density at radius 2 is 1.71 bits per heavy atom. The van der Waals surface area contributed by atoms with Crippen LogP contribution in [-0.4, -0.2) is 116 Å². The molecule has 0 spiro atoms. The van der Waals surface area contributed by atoms with Crippen LogP contribution in [-0.2, 0) is 53.8 Å². The Bertz CT molecular complexity index is 1590. The zero-order valence-corrected chi connectivity index (χ0v) is 27.7. The van der Waals surface area contributed by atoms with Gasteiger partial charge in [-0.3, -0.25) is 42.8 Å². The third kappa shape index (κ3) is 7.37. The molecule has 4 rings (SSSR count). The number of β-lactam (4-membered cyclic amide) rings is 1. The Hall–Kier alpha value is -5.13. The monoisotopic (exact) mass is 688 g/mol. The number of amides is 7. The summed E-state index contributed by atoms with van der Waals surface area (Å²) >= 11 is 0. The van der Waals surface area contributed by atoms with Gasteiger partial charge in [0.2, 0.25) is 18.5 Å². The highest BCUT2D eigenvalue weighted by Gasteiger charge is 2.58. The van der Waals surface area contributed by atoms with Gasteiger partial charge in [0, 0.05) is 32.1 Å². The molecule has 1 aromatic carbocycles. The molecule has 48 heavy (non-hydrogen) atoms. The highest BCUT2D eigenvalue weighted by molar-refractivity contribution is 7.86. The fourth-order valence-electron chi connectivity index (χ4n) is 5.30. The first-order valence-electron chi connectivity index (χ1n) is 14.9. The van der Waals surface area contributed by atoms with Crippen molar-refractivity contribution in [3.63, 3.8) is 0 Å².